The van der Waals surface area contributed by atoms with Crippen LogP contribution in [0.1, 0.15) is 25.7 Å². The minimum absolute atomic E-state index is 0.0183. The zero-order valence-corrected chi connectivity index (χ0v) is 15.7. The SMILES string of the molecule is Cn1cc(-c2cc(SC3CC3)ccc2NCC2CC2)c2cc[nH]c2c1=O. The summed E-state index contributed by atoms with van der Waals surface area (Å²) in [7, 11) is 1.83. The fourth-order valence-corrected chi connectivity index (χ4v) is 4.50. The second-order valence-corrected chi connectivity index (χ2v) is 8.95. The van der Waals surface area contributed by atoms with Gasteiger partial charge in [0.1, 0.15) is 5.52 Å². The summed E-state index contributed by atoms with van der Waals surface area (Å²) < 4.78 is 1.68. The molecule has 0 unspecified atom stereocenters. The molecule has 26 heavy (non-hydrogen) atoms. The molecule has 0 amide bonds. The van der Waals surface area contributed by atoms with E-state index in [1.54, 1.807) is 4.57 Å². The van der Waals surface area contributed by atoms with Crippen molar-refractivity contribution in [2.24, 2.45) is 13.0 Å². The number of aryl methyl sites for hydroxylation is 1. The highest BCUT2D eigenvalue weighted by Crippen LogP contribution is 2.42. The molecule has 2 N–H and O–H groups in total. The Balaban J connectivity index is 1.63. The van der Waals surface area contributed by atoms with E-state index >= 15 is 0 Å². The predicted octanol–water partition coefficient (Wildman–Crippen LogP) is 4.61. The molecule has 2 aromatic heterocycles. The summed E-state index contributed by atoms with van der Waals surface area (Å²) >= 11 is 1.97. The van der Waals surface area contributed by atoms with Crippen LogP contribution in [0.5, 0.6) is 0 Å². The summed E-state index contributed by atoms with van der Waals surface area (Å²) in [4.78, 5) is 16.8. The van der Waals surface area contributed by atoms with Gasteiger partial charge in [-0.05, 0) is 55.9 Å². The van der Waals surface area contributed by atoms with E-state index in [0.29, 0.717) is 5.52 Å². The van der Waals surface area contributed by atoms with Crippen LogP contribution >= 0.6 is 11.8 Å². The van der Waals surface area contributed by atoms with Gasteiger partial charge >= 0.3 is 0 Å². The minimum Gasteiger partial charge on any atom is -0.384 e. The Morgan fingerprint density at radius 2 is 2.04 bits per heavy atom. The summed E-state index contributed by atoms with van der Waals surface area (Å²) in [5, 5.41) is 5.43. The predicted molar refractivity (Wildman–Crippen MR) is 109 cm³/mol. The van der Waals surface area contributed by atoms with Gasteiger partial charge in [-0.2, -0.15) is 0 Å². The van der Waals surface area contributed by atoms with Crippen LogP contribution in [0.4, 0.5) is 5.69 Å². The molecule has 5 rings (SSSR count). The topological polar surface area (TPSA) is 49.8 Å². The lowest BCUT2D eigenvalue weighted by molar-refractivity contribution is 0.871. The van der Waals surface area contributed by atoms with E-state index in [1.807, 2.05) is 37.3 Å². The summed E-state index contributed by atoms with van der Waals surface area (Å²) in [5.74, 6) is 0.816. The van der Waals surface area contributed by atoms with Gasteiger partial charge in [-0.1, -0.05) is 0 Å². The van der Waals surface area contributed by atoms with E-state index in [9.17, 15) is 4.79 Å². The highest BCUT2D eigenvalue weighted by molar-refractivity contribution is 8.00. The van der Waals surface area contributed by atoms with Gasteiger partial charge < -0.3 is 14.9 Å². The molecule has 5 heteroatoms. The van der Waals surface area contributed by atoms with Gasteiger partial charge in [-0.25, -0.2) is 0 Å². The monoisotopic (exact) mass is 365 g/mol. The fourth-order valence-electron chi connectivity index (χ4n) is 3.41. The first-order valence-corrected chi connectivity index (χ1v) is 10.3. The zero-order chi connectivity index (χ0) is 17.7. The Morgan fingerprint density at radius 1 is 1.19 bits per heavy atom. The Morgan fingerprint density at radius 3 is 2.81 bits per heavy atom. The van der Waals surface area contributed by atoms with Crippen molar-refractivity contribution in [3.05, 3.63) is 47.0 Å². The van der Waals surface area contributed by atoms with Crippen molar-refractivity contribution in [2.75, 3.05) is 11.9 Å². The second-order valence-electron chi connectivity index (χ2n) is 7.57. The van der Waals surface area contributed by atoms with Crippen LogP contribution in [0.2, 0.25) is 0 Å². The Bertz CT molecular complexity index is 1030. The van der Waals surface area contributed by atoms with Crippen molar-refractivity contribution < 1.29 is 0 Å². The van der Waals surface area contributed by atoms with Crippen LogP contribution in [0.3, 0.4) is 0 Å². The van der Waals surface area contributed by atoms with Crippen LogP contribution in [0.25, 0.3) is 22.0 Å². The number of hydrogen-bond acceptors (Lipinski definition) is 3. The van der Waals surface area contributed by atoms with Gasteiger partial charge in [0.25, 0.3) is 5.56 Å². The zero-order valence-electron chi connectivity index (χ0n) is 14.9. The number of anilines is 1. The van der Waals surface area contributed by atoms with Crippen molar-refractivity contribution in [1.29, 1.82) is 0 Å². The number of rotatable bonds is 6. The summed E-state index contributed by atoms with van der Waals surface area (Å²) in [6.07, 6.45) is 9.14. The lowest BCUT2D eigenvalue weighted by atomic mass is 10.0. The molecule has 2 aliphatic carbocycles. The van der Waals surface area contributed by atoms with Crippen molar-refractivity contribution >= 4 is 28.4 Å². The number of nitrogens with one attached hydrogen (secondary N) is 2. The van der Waals surface area contributed by atoms with Crippen LogP contribution in [-0.2, 0) is 7.05 Å². The quantitative estimate of drug-likeness (QED) is 0.671. The van der Waals surface area contributed by atoms with E-state index in [-0.39, 0.29) is 5.56 Å². The molecule has 2 saturated carbocycles. The lowest BCUT2D eigenvalue weighted by Crippen LogP contribution is -2.16. The Labute approximate surface area is 157 Å². The smallest absolute Gasteiger partial charge is 0.274 e. The average molecular weight is 366 g/mol. The van der Waals surface area contributed by atoms with Crippen molar-refractivity contribution in [1.82, 2.24) is 9.55 Å². The maximum Gasteiger partial charge on any atom is 0.274 e. The molecule has 0 radical (unpaired) electrons. The maximum atomic E-state index is 12.4. The third-order valence-electron chi connectivity index (χ3n) is 5.28. The number of fused-ring (bicyclic) bond motifs is 1. The molecule has 1 aromatic carbocycles. The van der Waals surface area contributed by atoms with Gasteiger partial charge in [-0.15, -0.1) is 11.8 Å². The fraction of sp³-hybridized carbons (Fsp3) is 0.381. The molecule has 0 aliphatic heterocycles. The van der Waals surface area contributed by atoms with Crippen LogP contribution in [0.15, 0.2) is 46.3 Å². The van der Waals surface area contributed by atoms with E-state index in [1.165, 1.54) is 36.1 Å². The van der Waals surface area contributed by atoms with Gasteiger partial charge in [0.2, 0.25) is 0 Å². The number of hydrogen-bond donors (Lipinski definition) is 2. The molecule has 2 aliphatic rings. The maximum absolute atomic E-state index is 12.4. The Hall–Kier alpha value is -2.14. The highest BCUT2D eigenvalue weighted by Gasteiger charge is 2.24. The molecule has 2 fully saturated rings. The first-order chi connectivity index (χ1) is 12.7. The van der Waals surface area contributed by atoms with Crippen molar-refractivity contribution in [3.8, 4) is 11.1 Å². The summed E-state index contributed by atoms with van der Waals surface area (Å²) in [6, 6.07) is 8.76. The largest absolute Gasteiger partial charge is 0.384 e. The molecule has 134 valence electrons. The molecule has 0 atom stereocenters. The third kappa shape index (κ3) is 3.05. The highest BCUT2D eigenvalue weighted by atomic mass is 32.2. The van der Waals surface area contributed by atoms with Crippen LogP contribution < -0.4 is 10.9 Å². The van der Waals surface area contributed by atoms with Crippen molar-refractivity contribution in [2.45, 2.75) is 35.8 Å². The summed E-state index contributed by atoms with van der Waals surface area (Å²) in [5.41, 5.74) is 4.16. The molecule has 0 saturated heterocycles. The normalized spacial score (nSPS) is 17.0. The number of aromatic amines is 1. The number of thioether (sulfide) groups is 1. The lowest BCUT2D eigenvalue weighted by Gasteiger charge is -2.15. The summed E-state index contributed by atoms with van der Waals surface area (Å²) in [6.45, 7) is 1.03. The van der Waals surface area contributed by atoms with Crippen molar-refractivity contribution in [3.63, 3.8) is 0 Å². The van der Waals surface area contributed by atoms with Gasteiger partial charge in [0.05, 0.1) is 0 Å². The van der Waals surface area contributed by atoms with Gasteiger partial charge in [-0.3, -0.25) is 4.79 Å². The molecular formula is C21H23N3OS. The third-order valence-corrected chi connectivity index (χ3v) is 6.61. The number of H-pyrrole nitrogens is 1. The molecule has 3 aromatic rings. The minimum atomic E-state index is 0.0183. The van der Waals surface area contributed by atoms with Gasteiger partial charge in [0.15, 0.2) is 0 Å². The number of pyridine rings is 1. The number of aromatic nitrogens is 2. The molecule has 4 nitrogen and oxygen atoms in total. The number of benzene rings is 1. The second kappa shape index (κ2) is 6.23. The van der Waals surface area contributed by atoms with E-state index in [4.69, 9.17) is 0 Å². The molecule has 0 spiro atoms. The average Bonchev–Trinajstić information content (AvgIpc) is 3.57. The standard InChI is InChI=1S/C21H23N3OS/c1-24-12-18(16-8-9-22-20(16)21(24)25)17-10-15(26-14-4-5-14)6-7-19(17)23-11-13-2-3-13/h6-10,12-14,22-23H,2-5,11H2,1H3. The van der Waals surface area contributed by atoms with E-state index < -0.39 is 0 Å². The van der Waals surface area contributed by atoms with E-state index in [2.05, 4.69) is 28.5 Å². The van der Waals surface area contributed by atoms with Crippen LogP contribution in [0, 0.1) is 5.92 Å². The Kier molecular flexibility index (Phi) is 3.85. The first-order valence-electron chi connectivity index (χ1n) is 9.41. The number of nitrogens with zero attached hydrogens (tertiary/aromatic N) is 1. The van der Waals surface area contributed by atoms with Gasteiger partial charge in [0, 0.05) is 58.3 Å². The molecule has 0 bridgehead atoms. The first kappa shape index (κ1) is 16.1. The molecule has 2 heterocycles. The van der Waals surface area contributed by atoms with E-state index in [0.717, 1.165) is 34.3 Å². The van der Waals surface area contributed by atoms with Crippen LogP contribution in [-0.4, -0.2) is 21.3 Å². The molecular weight excluding hydrogens is 342 g/mol.